The predicted molar refractivity (Wildman–Crippen MR) is 69.4 cm³/mol. The normalized spacial score (nSPS) is 23.7. The lowest BCUT2D eigenvalue weighted by Crippen LogP contribution is -2.44. The van der Waals surface area contributed by atoms with E-state index in [9.17, 15) is 4.79 Å². The highest BCUT2D eigenvalue weighted by Gasteiger charge is 2.27. The van der Waals surface area contributed by atoms with E-state index < -0.39 is 0 Å². The van der Waals surface area contributed by atoms with Gasteiger partial charge in [-0.05, 0) is 13.0 Å². The fraction of sp³-hybridized carbons (Fsp3) is 0.909. The maximum Gasteiger partial charge on any atom is 0.219 e. The number of nitrogens with zero attached hydrogens (tertiary/aromatic N) is 1. The summed E-state index contributed by atoms with van der Waals surface area (Å²) >= 11 is 1.99. The number of carbonyl (C=O) groups is 1. The third-order valence-corrected chi connectivity index (χ3v) is 4.47. The topological polar surface area (TPSA) is 72.3 Å². The van der Waals surface area contributed by atoms with Crippen molar-refractivity contribution in [3.05, 3.63) is 0 Å². The molecular weight excluding hydrogens is 222 g/mol. The number of hydrogen-bond acceptors (Lipinski definition) is 4. The smallest absolute Gasteiger partial charge is 0.219 e. The van der Waals surface area contributed by atoms with Crippen LogP contribution in [0.3, 0.4) is 0 Å². The molecule has 0 bridgehead atoms. The summed E-state index contributed by atoms with van der Waals surface area (Å²) in [6.45, 7) is 7.06. The molecule has 4 nitrogen and oxygen atoms in total. The Morgan fingerprint density at radius 3 is 2.75 bits per heavy atom. The van der Waals surface area contributed by atoms with Crippen LogP contribution in [-0.2, 0) is 4.79 Å². The van der Waals surface area contributed by atoms with Crippen molar-refractivity contribution in [2.45, 2.75) is 37.5 Å². The molecule has 0 aromatic carbocycles. The molecule has 94 valence electrons. The summed E-state index contributed by atoms with van der Waals surface area (Å²) in [5, 5.41) is 0. The highest BCUT2D eigenvalue weighted by atomic mass is 32.2. The first-order valence-corrected chi connectivity index (χ1v) is 6.79. The Hall–Kier alpha value is -0.260. The van der Waals surface area contributed by atoms with Crippen molar-refractivity contribution in [1.29, 1.82) is 0 Å². The van der Waals surface area contributed by atoms with Crippen LogP contribution in [0.1, 0.15) is 26.7 Å². The molecule has 0 aromatic rings. The maximum atomic E-state index is 11.0. The Morgan fingerprint density at radius 1 is 1.50 bits per heavy atom. The van der Waals surface area contributed by atoms with Crippen LogP contribution in [0.5, 0.6) is 0 Å². The Labute approximate surface area is 102 Å². The summed E-state index contributed by atoms with van der Waals surface area (Å²) in [4.78, 5) is 13.3. The second-order valence-electron chi connectivity index (χ2n) is 4.95. The highest BCUT2D eigenvalue weighted by Crippen LogP contribution is 2.31. The Balaban J connectivity index is 2.54. The summed E-state index contributed by atoms with van der Waals surface area (Å²) in [6.07, 6.45) is 1.51. The fourth-order valence-electron chi connectivity index (χ4n) is 1.99. The second-order valence-corrected chi connectivity index (χ2v) is 6.76. The van der Waals surface area contributed by atoms with E-state index in [0.717, 1.165) is 25.3 Å². The average Bonchev–Trinajstić information content (AvgIpc) is 2.35. The van der Waals surface area contributed by atoms with Crippen molar-refractivity contribution in [2.75, 3.05) is 25.4 Å². The SMILES string of the molecule is CC1(C)CCN(C(CN)CC(N)=O)CCS1. The van der Waals surface area contributed by atoms with Gasteiger partial charge < -0.3 is 11.5 Å². The van der Waals surface area contributed by atoms with E-state index >= 15 is 0 Å². The summed E-state index contributed by atoms with van der Waals surface area (Å²) in [5.41, 5.74) is 11.0. The zero-order chi connectivity index (χ0) is 12.2. The first kappa shape index (κ1) is 13.8. The van der Waals surface area contributed by atoms with E-state index in [-0.39, 0.29) is 11.9 Å². The van der Waals surface area contributed by atoms with E-state index in [1.54, 1.807) is 0 Å². The van der Waals surface area contributed by atoms with Gasteiger partial charge in [-0.3, -0.25) is 9.69 Å². The van der Waals surface area contributed by atoms with Crippen molar-refractivity contribution in [1.82, 2.24) is 4.90 Å². The van der Waals surface area contributed by atoms with Crippen molar-refractivity contribution < 1.29 is 4.79 Å². The van der Waals surface area contributed by atoms with Gasteiger partial charge >= 0.3 is 0 Å². The van der Waals surface area contributed by atoms with E-state index in [1.165, 1.54) is 0 Å². The van der Waals surface area contributed by atoms with Crippen molar-refractivity contribution >= 4 is 17.7 Å². The van der Waals surface area contributed by atoms with Crippen molar-refractivity contribution in [3.63, 3.8) is 0 Å². The zero-order valence-electron chi connectivity index (χ0n) is 10.2. The van der Waals surface area contributed by atoms with Crippen LogP contribution < -0.4 is 11.5 Å². The molecule has 0 aromatic heterocycles. The molecule has 0 saturated carbocycles. The molecule has 1 saturated heterocycles. The molecule has 1 heterocycles. The number of thioether (sulfide) groups is 1. The van der Waals surface area contributed by atoms with Gasteiger partial charge in [0.2, 0.25) is 5.91 Å². The highest BCUT2D eigenvalue weighted by molar-refractivity contribution is 8.00. The molecule has 16 heavy (non-hydrogen) atoms. The third kappa shape index (κ3) is 4.31. The lowest BCUT2D eigenvalue weighted by molar-refractivity contribution is -0.119. The van der Waals surface area contributed by atoms with Gasteiger partial charge in [0.05, 0.1) is 0 Å². The molecule has 5 heteroatoms. The quantitative estimate of drug-likeness (QED) is 0.752. The van der Waals surface area contributed by atoms with Crippen LogP contribution in [0.4, 0.5) is 0 Å². The van der Waals surface area contributed by atoms with Crippen LogP contribution in [-0.4, -0.2) is 47.0 Å². The summed E-state index contributed by atoms with van der Waals surface area (Å²) in [5.74, 6) is 0.842. The summed E-state index contributed by atoms with van der Waals surface area (Å²) < 4.78 is 0.334. The van der Waals surface area contributed by atoms with Gasteiger partial charge in [-0.1, -0.05) is 13.8 Å². The number of nitrogens with two attached hydrogens (primary N) is 2. The monoisotopic (exact) mass is 245 g/mol. The molecule has 0 spiro atoms. The Morgan fingerprint density at radius 2 is 2.19 bits per heavy atom. The van der Waals surface area contributed by atoms with Crippen LogP contribution in [0.2, 0.25) is 0 Å². The molecule has 0 radical (unpaired) electrons. The van der Waals surface area contributed by atoms with Crippen LogP contribution in [0, 0.1) is 0 Å². The number of rotatable bonds is 4. The maximum absolute atomic E-state index is 11.0. The van der Waals surface area contributed by atoms with Gasteiger partial charge in [-0.2, -0.15) is 11.8 Å². The average molecular weight is 245 g/mol. The predicted octanol–water partition coefficient (Wildman–Crippen LogP) is 0.407. The van der Waals surface area contributed by atoms with Gasteiger partial charge in [-0.25, -0.2) is 0 Å². The van der Waals surface area contributed by atoms with E-state index in [4.69, 9.17) is 11.5 Å². The largest absolute Gasteiger partial charge is 0.370 e. The first-order valence-electron chi connectivity index (χ1n) is 5.81. The molecule has 4 N–H and O–H groups in total. The fourth-order valence-corrected chi connectivity index (χ4v) is 3.11. The molecular formula is C11H23N3OS. The number of primary amides is 1. The number of hydrogen-bond donors (Lipinski definition) is 2. The van der Waals surface area contributed by atoms with E-state index in [0.29, 0.717) is 17.7 Å². The zero-order valence-corrected chi connectivity index (χ0v) is 11.1. The summed E-state index contributed by atoms with van der Waals surface area (Å²) in [7, 11) is 0. The molecule has 1 aliphatic heterocycles. The Bertz CT molecular complexity index is 245. The lowest BCUT2D eigenvalue weighted by atomic mass is 10.1. The summed E-state index contributed by atoms with van der Waals surface area (Å²) in [6, 6.07) is 0.118. The van der Waals surface area contributed by atoms with Crippen LogP contribution in [0.15, 0.2) is 0 Å². The minimum atomic E-state index is -0.258. The Kier molecular flexibility index (Phi) is 5.08. The first-order chi connectivity index (χ1) is 7.44. The minimum absolute atomic E-state index is 0.118. The van der Waals surface area contributed by atoms with Crippen molar-refractivity contribution in [2.24, 2.45) is 11.5 Å². The lowest BCUT2D eigenvalue weighted by Gasteiger charge is -2.29. The molecule has 1 aliphatic rings. The molecule has 0 aliphatic carbocycles. The van der Waals surface area contributed by atoms with Crippen LogP contribution in [0.25, 0.3) is 0 Å². The van der Waals surface area contributed by atoms with Gasteiger partial charge in [-0.15, -0.1) is 0 Å². The van der Waals surface area contributed by atoms with Gasteiger partial charge in [0.1, 0.15) is 0 Å². The van der Waals surface area contributed by atoms with Crippen molar-refractivity contribution in [3.8, 4) is 0 Å². The molecule has 1 fully saturated rings. The minimum Gasteiger partial charge on any atom is -0.370 e. The van der Waals surface area contributed by atoms with E-state index in [1.807, 2.05) is 11.8 Å². The molecule has 1 atom stereocenters. The van der Waals surface area contributed by atoms with Crippen LogP contribution >= 0.6 is 11.8 Å². The number of amides is 1. The second kappa shape index (κ2) is 5.89. The van der Waals surface area contributed by atoms with Gasteiger partial charge in [0.15, 0.2) is 0 Å². The third-order valence-electron chi connectivity index (χ3n) is 3.10. The molecule has 1 rings (SSSR count). The van der Waals surface area contributed by atoms with Gasteiger partial charge in [0.25, 0.3) is 0 Å². The number of carbonyl (C=O) groups excluding carboxylic acids is 1. The van der Waals surface area contributed by atoms with E-state index in [2.05, 4.69) is 18.7 Å². The van der Waals surface area contributed by atoms with Gasteiger partial charge in [0, 0.05) is 36.1 Å². The molecule has 1 unspecified atom stereocenters. The standard InChI is InChI=1S/C11H23N3OS/c1-11(2)3-4-14(5-6-16-11)9(8-12)7-10(13)15/h9H,3-8,12H2,1-2H3,(H2,13,15). The molecule has 1 amide bonds.